The summed E-state index contributed by atoms with van der Waals surface area (Å²) in [5.74, 6) is -1.76. The summed E-state index contributed by atoms with van der Waals surface area (Å²) >= 11 is 6.18. The molecule has 0 saturated carbocycles. The predicted octanol–water partition coefficient (Wildman–Crippen LogP) is 2.22. The Bertz CT molecular complexity index is 916. The summed E-state index contributed by atoms with van der Waals surface area (Å²) < 4.78 is 27.8. The van der Waals surface area contributed by atoms with Gasteiger partial charge in [0.15, 0.2) is 5.82 Å². The van der Waals surface area contributed by atoms with Crippen LogP contribution in [0, 0.1) is 11.6 Å². The van der Waals surface area contributed by atoms with Gasteiger partial charge in [-0.3, -0.25) is 9.59 Å². The number of hydrogen-bond acceptors (Lipinski definition) is 4. The van der Waals surface area contributed by atoms with E-state index >= 15 is 0 Å². The average Bonchev–Trinajstić information content (AvgIpc) is 2.57. The van der Waals surface area contributed by atoms with Crippen LogP contribution in [0.4, 0.5) is 14.5 Å². The lowest BCUT2D eigenvalue weighted by Gasteiger charge is -2.37. The van der Waals surface area contributed by atoms with Crippen LogP contribution in [0.5, 0.6) is 0 Å². The largest absolute Gasteiger partial charge is 0.358 e. The summed E-state index contributed by atoms with van der Waals surface area (Å²) in [6, 6.07) is 2.89. The second-order valence-corrected chi connectivity index (χ2v) is 6.64. The zero-order chi connectivity index (χ0) is 19.0. The molecule has 3 rings (SSSR count). The Labute approximate surface area is 153 Å². The number of aromatic nitrogens is 2. The van der Waals surface area contributed by atoms with Crippen LogP contribution in [0.2, 0.25) is 5.02 Å². The number of anilines is 1. The number of hydrogen-bond donors (Lipinski definition) is 0. The molecule has 0 N–H and O–H groups in total. The van der Waals surface area contributed by atoms with Gasteiger partial charge in [-0.15, -0.1) is 0 Å². The van der Waals surface area contributed by atoms with Gasteiger partial charge in [-0.1, -0.05) is 11.6 Å². The minimum absolute atomic E-state index is 0.0731. The Morgan fingerprint density at radius 3 is 2.50 bits per heavy atom. The molecule has 0 radical (unpaired) electrons. The molecular weight excluding hydrogens is 366 g/mol. The van der Waals surface area contributed by atoms with Crippen LogP contribution in [-0.4, -0.2) is 46.3 Å². The fourth-order valence-electron chi connectivity index (χ4n) is 2.91. The summed E-state index contributed by atoms with van der Waals surface area (Å²) in [5.41, 5.74) is -0.633. The number of carbonyl (C=O) groups excluding carboxylic acids is 1. The van der Waals surface area contributed by atoms with Crippen LogP contribution in [0.25, 0.3) is 5.69 Å². The molecule has 1 amide bonds. The van der Waals surface area contributed by atoms with Crippen LogP contribution >= 0.6 is 11.6 Å². The summed E-state index contributed by atoms with van der Waals surface area (Å²) in [5, 5.41) is 3.77. The van der Waals surface area contributed by atoms with Gasteiger partial charge in [0.25, 0.3) is 5.56 Å². The van der Waals surface area contributed by atoms with Gasteiger partial charge < -0.3 is 9.80 Å². The molecule has 0 aliphatic carbocycles. The summed E-state index contributed by atoms with van der Waals surface area (Å²) in [4.78, 5) is 28.2. The van der Waals surface area contributed by atoms with Crippen molar-refractivity contribution in [2.75, 3.05) is 24.5 Å². The van der Waals surface area contributed by atoms with E-state index < -0.39 is 17.2 Å². The van der Waals surface area contributed by atoms with E-state index in [1.807, 2.05) is 13.8 Å². The number of amides is 1. The third kappa shape index (κ3) is 3.29. The van der Waals surface area contributed by atoms with Gasteiger partial charge in [0, 0.05) is 25.2 Å². The first-order valence-corrected chi connectivity index (χ1v) is 8.45. The molecular formula is C17H17ClF2N4O2. The van der Waals surface area contributed by atoms with Crippen LogP contribution in [0.15, 0.2) is 29.2 Å². The molecule has 0 unspecified atom stereocenters. The predicted molar refractivity (Wildman–Crippen MR) is 93.8 cm³/mol. The topological polar surface area (TPSA) is 58.4 Å². The molecule has 0 bridgehead atoms. The van der Waals surface area contributed by atoms with Crippen LogP contribution in [-0.2, 0) is 4.79 Å². The molecule has 1 aliphatic heterocycles. The van der Waals surface area contributed by atoms with Crippen molar-refractivity contribution in [3.63, 3.8) is 0 Å². The number of carbonyl (C=O) groups is 1. The van der Waals surface area contributed by atoms with E-state index in [0.29, 0.717) is 24.8 Å². The fraction of sp³-hybridized carbons (Fsp3) is 0.353. The van der Waals surface area contributed by atoms with Gasteiger partial charge in [-0.05, 0) is 26.0 Å². The van der Waals surface area contributed by atoms with Gasteiger partial charge in [0.2, 0.25) is 5.91 Å². The maximum absolute atomic E-state index is 13.9. The van der Waals surface area contributed by atoms with Crippen LogP contribution in [0.1, 0.15) is 13.8 Å². The van der Waals surface area contributed by atoms with Crippen molar-refractivity contribution in [2.24, 2.45) is 0 Å². The van der Waals surface area contributed by atoms with Crippen LogP contribution < -0.4 is 10.5 Å². The Kier molecular flexibility index (Phi) is 4.95. The molecule has 9 heteroatoms. The first-order chi connectivity index (χ1) is 12.3. The third-order valence-electron chi connectivity index (χ3n) is 4.26. The van der Waals surface area contributed by atoms with Crippen molar-refractivity contribution in [1.29, 1.82) is 0 Å². The van der Waals surface area contributed by atoms with Gasteiger partial charge in [-0.25, -0.2) is 8.78 Å². The van der Waals surface area contributed by atoms with E-state index in [9.17, 15) is 18.4 Å². The molecule has 1 fully saturated rings. The van der Waals surface area contributed by atoms with Gasteiger partial charge in [0.1, 0.15) is 16.5 Å². The Morgan fingerprint density at radius 1 is 1.15 bits per heavy atom. The van der Waals surface area contributed by atoms with Crippen molar-refractivity contribution >= 4 is 23.2 Å². The fourth-order valence-corrected chi connectivity index (χ4v) is 3.16. The SMILES string of the molecule is CC(C)N1CCN(c2cnn(-c3ccc(F)cc3F)c(=O)c2Cl)CC1=O. The zero-order valence-electron chi connectivity index (χ0n) is 14.2. The van der Waals surface area contributed by atoms with Crippen molar-refractivity contribution in [1.82, 2.24) is 14.7 Å². The molecule has 2 aromatic rings. The number of piperazine rings is 1. The second kappa shape index (κ2) is 7.03. The van der Waals surface area contributed by atoms with E-state index in [1.54, 1.807) is 9.80 Å². The van der Waals surface area contributed by atoms with Gasteiger partial charge >= 0.3 is 0 Å². The van der Waals surface area contributed by atoms with E-state index in [4.69, 9.17) is 11.6 Å². The number of halogens is 3. The summed E-state index contributed by atoms with van der Waals surface area (Å²) in [6.45, 7) is 4.94. The Hall–Kier alpha value is -2.48. The highest BCUT2D eigenvalue weighted by Gasteiger charge is 2.28. The highest BCUT2D eigenvalue weighted by atomic mass is 35.5. The van der Waals surface area contributed by atoms with Gasteiger partial charge in [0.05, 0.1) is 18.4 Å². The number of rotatable bonds is 3. The number of benzene rings is 1. The van der Waals surface area contributed by atoms with E-state index in [2.05, 4.69) is 5.10 Å². The minimum Gasteiger partial charge on any atom is -0.358 e. The molecule has 2 heterocycles. The quantitative estimate of drug-likeness (QED) is 0.816. The van der Waals surface area contributed by atoms with Crippen molar-refractivity contribution in [2.45, 2.75) is 19.9 Å². The molecule has 138 valence electrons. The Morgan fingerprint density at radius 2 is 1.88 bits per heavy atom. The highest BCUT2D eigenvalue weighted by molar-refractivity contribution is 6.33. The molecule has 1 aromatic carbocycles. The summed E-state index contributed by atoms with van der Waals surface area (Å²) in [6.07, 6.45) is 1.31. The van der Waals surface area contributed by atoms with E-state index in [-0.39, 0.29) is 29.2 Å². The molecule has 1 saturated heterocycles. The lowest BCUT2D eigenvalue weighted by molar-refractivity contribution is -0.132. The smallest absolute Gasteiger partial charge is 0.292 e. The molecule has 1 aliphatic rings. The summed E-state index contributed by atoms with van der Waals surface area (Å²) in [7, 11) is 0. The van der Waals surface area contributed by atoms with Crippen molar-refractivity contribution in [3.05, 3.63) is 51.4 Å². The first-order valence-electron chi connectivity index (χ1n) is 8.07. The molecule has 0 atom stereocenters. The standard InChI is InChI=1S/C17H17ClF2N4O2/c1-10(2)23-6-5-22(9-15(23)25)14-8-21-24(17(26)16(14)18)13-4-3-11(19)7-12(13)20/h3-4,7-8,10H,5-6,9H2,1-2H3. The monoisotopic (exact) mass is 382 g/mol. The van der Waals surface area contributed by atoms with Crippen molar-refractivity contribution in [3.8, 4) is 5.69 Å². The van der Waals surface area contributed by atoms with E-state index in [1.165, 1.54) is 6.20 Å². The number of nitrogens with zero attached hydrogens (tertiary/aromatic N) is 4. The molecule has 26 heavy (non-hydrogen) atoms. The van der Waals surface area contributed by atoms with E-state index in [0.717, 1.165) is 16.8 Å². The molecule has 6 nitrogen and oxygen atoms in total. The minimum atomic E-state index is -0.927. The van der Waals surface area contributed by atoms with Crippen molar-refractivity contribution < 1.29 is 13.6 Å². The molecule has 0 spiro atoms. The third-order valence-corrected chi connectivity index (χ3v) is 4.62. The lowest BCUT2D eigenvalue weighted by atomic mass is 10.2. The lowest BCUT2D eigenvalue weighted by Crippen LogP contribution is -2.53. The maximum atomic E-state index is 13.9. The highest BCUT2D eigenvalue weighted by Crippen LogP contribution is 2.24. The van der Waals surface area contributed by atoms with Crippen LogP contribution in [0.3, 0.4) is 0 Å². The van der Waals surface area contributed by atoms with Gasteiger partial charge in [-0.2, -0.15) is 9.78 Å². The normalized spacial score (nSPS) is 15.1. The Balaban J connectivity index is 1.94. The zero-order valence-corrected chi connectivity index (χ0v) is 15.0. The first kappa shape index (κ1) is 18.3. The maximum Gasteiger partial charge on any atom is 0.292 e. The average molecular weight is 383 g/mol. The second-order valence-electron chi connectivity index (χ2n) is 6.26. The molecule has 1 aromatic heterocycles.